The molecule has 0 spiro atoms. The molecule has 0 bridgehead atoms. The average molecular weight is 879 g/mol. The lowest BCUT2D eigenvalue weighted by molar-refractivity contribution is -0.417. The minimum atomic E-state index is 0. The first-order valence-corrected chi connectivity index (χ1v) is 20.1. The SMILES string of the molecule is CNc1ccc(Nc2ccc([NH+]=C3C=CC(=[NH+]c4ccc(C)cc4)C=C3)cc2)cc1.C[NH+]=C1C=CC(=[NH+]c2ccc([NH+]=C3C=CC(=[NH+]c4ccc(C)cc4)C=C3)cc2)C=C1.[CH3-].[CH3-].[CH3-].[CH3-].[CH3-].[CH3-]. The first-order chi connectivity index (χ1) is 29.3. The van der Waals surface area contributed by atoms with E-state index in [1.54, 1.807) is 0 Å². The molecule has 0 amide bonds. The lowest BCUT2D eigenvalue weighted by atomic mass is 10.1. The predicted octanol–water partition coefficient (Wildman–Crippen LogP) is 4.17. The first kappa shape index (κ1) is 56.2. The van der Waals surface area contributed by atoms with Gasteiger partial charge in [-0.2, -0.15) is 0 Å². The van der Waals surface area contributed by atoms with E-state index >= 15 is 0 Å². The molecule has 0 heterocycles. The topological polar surface area (TPSA) is 108 Å². The second-order valence-electron chi connectivity index (χ2n) is 14.4. The van der Waals surface area contributed by atoms with Gasteiger partial charge in [0.05, 0.1) is 0 Å². The van der Waals surface area contributed by atoms with E-state index in [0.717, 1.165) is 79.8 Å². The van der Waals surface area contributed by atoms with Gasteiger partial charge in [-0.3, -0.25) is 0 Å². The summed E-state index contributed by atoms with van der Waals surface area (Å²) in [4.78, 5) is 20.3. The van der Waals surface area contributed by atoms with Crippen molar-refractivity contribution in [3.8, 4) is 0 Å². The zero-order chi connectivity index (χ0) is 41.5. The number of aryl methyl sites for hydroxylation is 2. The second-order valence-corrected chi connectivity index (χ2v) is 14.4. The highest BCUT2D eigenvalue weighted by Gasteiger charge is 2.12. The zero-order valence-electron chi connectivity index (χ0n) is 40.5. The Balaban J connectivity index is 0.000000605. The molecule has 0 atom stereocenters. The summed E-state index contributed by atoms with van der Waals surface area (Å²) < 4.78 is 0. The molecular weight excluding hydrogens is 809 g/mol. The molecule has 0 saturated carbocycles. The highest BCUT2D eigenvalue weighted by molar-refractivity contribution is 6.16. The lowest BCUT2D eigenvalue weighted by Crippen LogP contribution is -2.69. The van der Waals surface area contributed by atoms with E-state index in [2.05, 4.69) is 249 Å². The fourth-order valence-corrected chi connectivity index (χ4v) is 6.26. The summed E-state index contributed by atoms with van der Waals surface area (Å²) in [5, 5.41) is 6.54. The molecule has 66 heavy (non-hydrogen) atoms. The van der Waals surface area contributed by atoms with Crippen molar-refractivity contribution in [1.29, 1.82) is 0 Å². The molecule has 0 aromatic heterocycles. The fourth-order valence-electron chi connectivity index (χ4n) is 6.26. The van der Waals surface area contributed by atoms with Crippen LogP contribution >= 0.6 is 0 Å². The van der Waals surface area contributed by atoms with Gasteiger partial charge in [-0.25, -0.2) is 30.0 Å². The first-order valence-electron chi connectivity index (χ1n) is 20.1. The van der Waals surface area contributed by atoms with E-state index in [9.17, 15) is 0 Å². The van der Waals surface area contributed by atoms with Gasteiger partial charge in [0.1, 0.15) is 7.05 Å². The van der Waals surface area contributed by atoms with Gasteiger partial charge in [-0.1, -0.05) is 35.4 Å². The van der Waals surface area contributed by atoms with Gasteiger partial charge >= 0.3 is 0 Å². The maximum atomic E-state index is 3.44. The lowest BCUT2D eigenvalue weighted by Gasteiger charge is -2.07. The van der Waals surface area contributed by atoms with Gasteiger partial charge in [-0.05, 0) is 50.2 Å². The van der Waals surface area contributed by atoms with Gasteiger partial charge < -0.3 is 55.2 Å². The van der Waals surface area contributed by atoms with E-state index in [4.69, 9.17) is 0 Å². The molecule has 5 aromatic rings. The molecule has 8 N–H and O–H groups in total. The zero-order valence-corrected chi connectivity index (χ0v) is 40.5. The maximum Gasteiger partial charge on any atom is 0.204 e. The van der Waals surface area contributed by atoms with Crippen molar-refractivity contribution in [2.45, 2.75) is 13.8 Å². The van der Waals surface area contributed by atoms with Gasteiger partial charge in [0.15, 0.2) is 5.71 Å². The van der Waals surface area contributed by atoms with E-state index < -0.39 is 0 Å². The van der Waals surface area contributed by atoms with Gasteiger partial charge in [-0.15, -0.1) is 0 Å². The largest absolute Gasteiger partial charge is 0.388 e. The summed E-state index contributed by atoms with van der Waals surface area (Å²) in [6.45, 7) is 4.18. The van der Waals surface area contributed by atoms with E-state index in [1.165, 1.54) is 11.1 Å². The van der Waals surface area contributed by atoms with Crippen LogP contribution in [-0.4, -0.2) is 48.4 Å². The molecule has 8 nitrogen and oxygen atoms in total. The smallest absolute Gasteiger partial charge is 0.204 e. The molecular formula is C58H70N8. The summed E-state index contributed by atoms with van der Waals surface area (Å²) in [6, 6.07) is 41.6. The molecule has 3 aliphatic rings. The van der Waals surface area contributed by atoms with Gasteiger partial charge in [0.2, 0.25) is 57.0 Å². The Morgan fingerprint density at radius 2 is 0.500 bits per heavy atom. The van der Waals surface area contributed by atoms with Crippen LogP contribution in [0.4, 0.5) is 45.5 Å². The molecule has 8 rings (SSSR count). The van der Waals surface area contributed by atoms with Crippen LogP contribution in [0, 0.1) is 58.4 Å². The minimum Gasteiger partial charge on any atom is -0.388 e. The summed E-state index contributed by atoms with van der Waals surface area (Å²) in [7, 11) is 3.84. The van der Waals surface area contributed by atoms with Crippen LogP contribution in [0.2, 0.25) is 0 Å². The van der Waals surface area contributed by atoms with Crippen LogP contribution in [0.5, 0.6) is 0 Å². The number of hydrogen-bond acceptors (Lipinski definition) is 2. The van der Waals surface area contributed by atoms with Crippen LogP contribution in [0.25, 0.3) is 0 Å². The third kappa shape index (κ3) is 17.0. The Morgan fingerprint density at radius 1 is 0.288 bits per heavy atom. The number of rotatable bonds is 8. The van der Waals surface area contributed by atoms with Crippen molar-refractivity contribution in [2.75, 3.05) is 24.7 Å². The quantitative estimate of drug-likeness (QED) is 0.0887. The van der Waals surface area contributed by atoms with Crippen LogP contribution in [-0.2, 0) is 0 Å². The summed E-state index contributed by atoms with van der Waals surface area (Å²) in [6.07, 6.45) is 24.8. The summed E-state index contributed by atoms with van der Waals surface area (Å²) >= 11 is 0. The molecule has 5 aromatic carbocycles. The Bertz CT molecular complexity index is 2610. The third-order valence-electron chi connectivity index (χ3n) is 9.72. The van der Waals surface area contributed by atoms with Crippen molar-refractivity contribution in [3.05, 3.63) is 250 Å². The predicted molar refractivity (Wildman–Crippen MR) is 288 cm³/mol. The Hall–Kier alpha value is -7.84. The Labute approximate surface area is 396 Å². The summed E-state index contributed by atoms with van der Waals surface area (Å²) in [5.41, 5.74) is 17.4. The number of anilines is 3. The fraction of sp³-hybridized carbons (Fsp3) is 0.0690. The molecule has 3 aliphatic carbocycles. The molecule has 0 saturated heterocycles. The summed E-state index contributed by atoms with van der Waals surface area (Å²) in [5.74, 6) is 0. The minimum absolute atomic E-state index is 0. The van der Waals surface area contributed by atoms with Crippen LogP contribution in [0.3, 0.4) is 0 Å². The van der Waals surface area contributed by atoms with Crippen molar-refractivity contribution in [3.63, 3.8) is 0 Å². The van der Waals surface area contributed by atoms with Crippen molar-refractivity contribution in [2.24, 2.45) is 0 Å². The van der Waals surface area contributed by atoms with Crippen molar-refractivity contribution in [1.82, 2.24) is 0 Å². The Kier molecular flexibility index (Phi) is 23.9. The van der Waals surface area contributed by atoms with Crippen LogP contribution < -0.4 is 40.6 Å². The highest BCUT2D eigenvalue weighted by atomic mass is 14.9. The molecule has 342 valence electrons. The maximum absolute atomic E-state index is 3.44. The van der Waals surface area contributed by atoms with E-state index in [0.29, 0.717) is 0 Å². The van der Waals surface area contributed by atoms with Gasteiger partial charge in [0.25, 0.3) is 0 Å². The van der Waals surface area contributed by atoms with Crippen molar-refractivity contribution >= 4 is 79.8 Å². The normalized spacial score (nSPS) is 12.5. The van der Waals surface area contributed by atoms with Crippen LogP contribution in [0.1, 0.15) is 11.1 Å². The molecule has 8 heteroatoms. The van der Waals surface area contributed by atoms with Gasteiger partial charge in [0, 0.05) is 158 Å². The number of nitrogens with one attached hydrogen (secondary N) is 8. The highest BCUT2D eigenvalue weighted by Crippen LogP contribution is 2.19. The number of allylic oxidation sites excluding steroid dienone is 12. The molecule has 0 unspecified atom stereocenters. The number of hydrogen-bond donors (Lipinski definition) is 8. The third-order valence-corrected chi connectivity index (χ3v) is 9.72. The van der Waals surface area contributed by atoms with E-state index in [-0.39, 0.29) is 44.6 Å². The standard InChI is InChI=1S/C26H24N4.C26H22N4.6CH3/c2*1-19-3-5-21(6-4-19)28-23-11-13-25(14-12-23)30-26-17-15-24(16-18-26)29-22-9-7-20(27-2)8-10-22;;;;;;/h3-18,27,29H,1-2H3;3-18H,1-2H3;6*1H3/q;;6*-1/p+6. The van der Waals surface area contributed by atoms with Crippen molar-refractivity contribution < 1.29 is 30.0 Å². The second kappa shape index (κ2) is 28.1. The Morgan fingerprint density at radius 3 is 0.758 bits per heavy atom. The number of benzene rings is 5. The van der Waals surface area contributed by atoms with E-state index in [1.807, 2.05) is 14.1 Å². The molecule has 0 radical (unpaired) electrons. The monoisotopic (exact) mass is 879 g/mol. The molecule has 0 fully saturated rings. The van der Waals surface area contributed by atoms with Crippen LogP contribution in [0.15, 0.2) is 194 Å². The molecule has 0 aliphatic heterocycles. The average Bonchev–Trinajstić information content (AvgIpc) is 3.29.